The number of benzene rings is 1. The Morgan fingerprint density at radius 3 is 2.54 bits per heavy atom. The first-order chi connectivity index (χ1) is 11.7. The predicted molar refractivity (Wildman–Crippen MR) is 95.4 cm³/mol. The molecule has 0 aromatic heterocycles. The fourth-order valence-electron chi connectivity index (χ4n) is 3.08. The summed E-state index contributed by atoms with van der Waals surface area (Å²) in [5.74, 6) is 1.03. The molecular weight excluding hydrogens is 298 g/mol. The third-order valence-corrected chi connectivity index (χ3v) is 4.45. The molecule has 1 aromatic carbocycles. The van der Waals surface area contributed by atoms with Gasteiger partial charge in [0.25, 0.3) is 0 Å². The van der Waals surface area contributed by atoms with Gasteiger partial charge < -0.3 is 4.74 Å². The lowest BCUT2D eigenvalue weighted by Crippen LogP contribution is -2.25. The fraction of sp³-hybridized carbons (Fsp3) is 0.429. The summed E-state index contributed by atoms with van der Waals surface area (Å²) in [7, 11) is 0. The number of hydrogen-bond donors (Lipinski definition) is 0. The van der Waals surface area contributed by atoms with E-state index < -0.39 is 0 Å². The Balaban J connectivity index is 1.79. The first-order valence-electron chi connectivity index (χ1n) is 8.76. The van der Waals surface area contributed by atoms with Gasteiger partial charge in [0.1, 0.15) is 5.75 Å². The highest BCUT2D eigenvalue weighted by Crippen LogP contribution is 2.31. The Labute approximate surface area is 144 Å². The molecule has 1 aliphatic rings. The van der Waals surface area contributed by atoms with Crippen LogP contribution in [0.1, 0.15) is 44.6 Å². The van der Waals surface area contributed by atoms with E-state index in [0.717, 1.165) is 38.5 Å². The second-order valence-electron chi connectivity index (χ2n) is 6.30. The summed E-state index contributed by atoms with van der Waals surface area (Å²) in [5, 5.41) is 8.44. The highest BCUT2D eigenvalue weighted by molar-refractivity contribution is 5.75. The smallest absolute Gasteiger partial charge is 0.314 e. The van der Waals surface area contributed by atoms with Crippen LogP contribution in [0, 0.1) is 23.2 Å². The van der Waals surface area contributed by atoms with Gasteiger partial charge in [0.05, 0.1) is 12.0 Å². The highest BCUT2D eigenvalue weighted by atomic mass is 16.5. The quantitative estimate of drug-likeness (QED) is 0.321. The van der Waals surface area contributed by atoms with E-state index in [1.165, 1.54) is 11.6 Å². The number of ether oxygens (including phenoxy) is 1. The lowest BCUT2D eigenvalue weighted by molar-refractivity contribution is -0.140. The van der Waals surface area contributed by atoms with Crippen LogP contribution in [0.25, 0.3) is 0 Å². The van der Waals surface area contributed by atoms with Crippen LogP contribution in [0.4, 0.5) is 0 Å². The number of hydrogen-bond acceptors (Lipinski definition) is 3. The van der Waals surface area contributed by atoms with Crippen molar-refractivity contribution >= 4 is 5.97 Å². The molecule has 0 amide bonds. The zero-order chi connectivity index (χ0) is 17.2. The van der Waals surface area contributed by atoms with Gasteiger partial charge in [-0.1, -0.05) is 43.7 Å². The van der Waals surface area contributed by atoms with Crippen molar-refractivity contribution in [3.63, 3.8) is 0 Å². The number of carbonyl (C=O) groups is 1. The molecule has 1 aromatic rings. The Morgan fingerprint density at radius 2 is 1.92 bits per heavy atom. The molecule has 3 nitrogen and oxygen atoms in total. The number of carbonyl (C=O) groups excluding carboxylic acids is 1. The number of nitriles is 1. The van der Waals surface area contributed by atoms with Crippen LogP contribution in [0.3, 0.4) is 0 Å². The van der Waals surface area contributed by atoms with Gasteiger partial charge in [0, 0.05) is 6.08 Å². The summed E-state index contributed by atoms with van der Waals surface area (Å²) in [6.07, 6.45) is 13.1. The van der Waals surface area contributed by atoms with Gasteiger partial charge in [-0.05, 0) is 55.7 Å². The summed E-state index contributed by atoms with van der Waals surface area (Å²) in [6.45, 7) is 2.15. The van der Waals surface area contributed by atoms with Crippen molar-refractivity contribution in [1.29, 1.82) is 5.26 Å². The van der Waals surface area contributed by atoms with Gasteiger partial charge in [-0.2, -0.15) is 5.26 Å². The Morgan fingerprint density at radius 1 is 1.21 bits per heavy atom. The number of nitrogens with zero attached hydrogens (tertiary/aromatic N) is 1. The van der Waals surface area contributed by atoms with Gasteiger partial charge in [-0.15, -0.1) is 0 Å². The van der Waals surface area contributed by atoms with Crippen LogP contribution in [0.2, 0.25) is 0 Å². The molecular formula is C21H25NO2. The van der Waals surface area contributed by atoms with Crippen LogP contribution in [0.15, 0.2) is 48.6 Å². The molecule has 0 saturated heterocycles. The van der Waals surface area contributed by atoms with Gasteiger partial charge in [-0.3, -0.25) is 4.79 Å². The number of aryl methyl sites for hydroxylation is 1. The minimum Gasteiger partial charge on any atom is -0.426 e. The number of allylic oxidation sites excluding steroid dienone is 4. The van der Waals surface area contributed by atoms with Crippen molar-refractivity contribution in [3.8, 4) is 11.8 Å². The van der Waals surface area contributed by atoms with E-state index in [1.807, 2.05) is 36.4 Å². The lowest BCUT2D eigenvalue weighted by Gasteiger charge is -2.25. The molecule has 0 heterocycles. The molecule has 24 heavy (non-hydrogen) atoms. The second-order valence-corrected chi connectivity index (χ2v) is 6.30. The maximum Gasteiger partial charge on any atom is 0.314 e. The largest absolute Gasteiger partial charge is 0.426 e. The first-order valence-corrected chi connectivity index (χ1v) is 8.76. The molecule has 0 aliphatic heterocycles. The average Bonchev–Trinajstić information content (AvgIpc) is 2.61. The fourth-order valence-corrected chi connectivity index (χ4v) is 3.08. The molecule has 3 heteroatoms. The zero-order valence-electron chi connectivity index (χ0n) is 14.3. The van der Waals surface area contributed by atoms with Crippen LogP contribution < -0.4 is 4.74 Å². The van der Waals surface area contributed by atoms with E-state index in [-0.39, 0.29) is 11.9 Å². The molecule has 126 valence electrons. The summed E-state index contributed by atoms with van der Waals surface area (Å²) >= 11 is 0. The predicted octanol–water partition coefficient (Wildman–Crippen LogP) is 4.99. The SMILES string of the molecule is CCCc1ccc(OC(=O)[C@H]2CC[C@H](C=CC=CC#N)CC2)cc1. The van der Waals surface area contributed by atoms with E-state index >= 15 is 0 Å². The summed E-state index contributed by atoms with van der Waals surface area (Å²) < 4.78 is 5.53. The van der Waals surface area contributed by atoms with Crippen molar-refractivity contribution in [3.05, 3.63) is 54.1 Å². The molecule has 0 atom stereocenters. The van der Waals surface area contributed by atoms with E-state index in [4.69, 9.17) is 10.00 Å². The monoisotopic (exact) mass is 323 g/mol. The number of rotatable bonds is 6. The molecule has 1 aliphatic carbocycles. The minimum atomic E-state index is -0.106. The van der Waals surface area contributed by atoms with Crippen molar-refractivity contribution in [1.82, 2.24) is 0 Å². The third-order valence-electron chi connectivity index (χ3n) is 4.45. The van der Waals surface area contributed by atoms with Gasteiger partial charge in [-0.25, -0.2) is 0 Å². The van der Waals surface area contributed by atoms with Crippen molar-refractivity contribution in [2.24, 2.45) is 11.8 Å². The Kier molecular flexibility index (Phi) is 7.29. The van der Waals surface area contributed by atoms with Crippen LogP contribution in [-0.2, 0) is 11.2 Å². The van der Waals surface area contributed by atoms with Gasteiger partial charge in [0.2, 0.25) is 0 Å². The molecule has 2 rings (SSSR count). The van der Waals surface area contributed by atoms with Crippen molar-refractivity contribution in [2.75, 3.05) is 0 Å². The summed E-state index contributed by atoms with van der Waals surface area (Å²) in [4.78, 5) is 12.3. The maximum absolute atomic E-state index is 12.3. The Hall–Kier alpha value is -2.34. The molecule has 1 saturated carbocycles. The van der Waals surface area contributed by atoms with Crippen LogP contribution in [0.5, 0.6) is 5.75 Å². The topological polar surface area (TPSA) is 50.1 Å². The maximum atomic E-state index is 12.3. The summed E-state index contributed by atoms with van der Waals surface area (Å²) in [5.41, 5.74) is 1.27. The highest BCUT2D eigenvalue weighted by Gasteiger charge is 2.26. The summed E-state index contributed by atoms with van der Waals surface area (Å²) in [6, 6.07) is 9.80. The van der Waals surface area contributed by atoms with Gasteiger partial charge >= 0.3 is 5.97 Å². The van der Waals surface area contributed by atoms with Crippen LogP contribution in [-0.4, -0.2) is 5.97 Å². The third kappa shape index (κ3) is 5.70. The molecule has 0 unspecified atom stereocenters. The van der Waals surface area contributed by atoms with E-state index in [0.29, 0.717) is 11.7 Å². The average molecular weight is 323 g/mol. The molecule has 0 spiro atoms. The van der Waals surface area contributed by atoms with Crippen molar-refractivity contribution < 1.29 is 9.53 Å². The molecule has 1 fully saturated rings. The Bertz CT molecular complexity index is 614. The number of esters is 1. The molecule has 0 radical (unpaired) electrons. The standard InChI is InChI=1S/C21H25NO2/c1-2-6-17-10-14-20(15-11-17)24-21(23)19-12-8-18(9-13-19)7-4-3-5-16-22/h3-5,7,10-11,14-15,18-19H,2,6,8-9,12-13H2,1H3/t18-,19-. The lowest BCUT2D eigenvalue weighted by atomic mass is 9.82. The van der Waals surface area contributed by atoms with Gasteiger partial charge in [0.15, 0.2) is 0 Å². The zero-order valence-corrected chi connectivity index (χ0v) is 14.3. The second kappa shape index (κ2) is 9.72. The first kappa shape index (κ1) is 18.0. The molecule has 0 bridgehead atoms. The van der Waals surface area contributed by atoms with E-state index in [1.54, 1.807) is 6.08 Å². The van der Waals surface area contributed by atoms with Crippen LogP contribution >= 0.6 is 0 Å². The van der Waals surface area contributed by atoms with Crippen molar-refractivity contribution in [2.45, 2.75) is 45.4 Å². The minimum absolute atomic E-state index is 0.000353. The van der Waals surface area contributed by atoms with E-state index in [2.05, 4.69) is 13.0 Å². The molecule has 0 N–H and O–H groups in total. The van der Waals surface area contributed by atoms with E-state index in [9.17, 15) is 4.79 Å². The normalized spacial score (nSPS) is 21.0.